The summed E-state index contributed by atoms with van der Waals surface area (Å²) in [6.07, 6.45) is 14.0. The van der Waals surface area contributed by atoms with Gasteiger partial charge in [-0.1, -0.05) is 50.1 Å². The molecule has 1 N–H and O–H groups in total. The molecule has 0 amide bonds. The molecule has 0 heterocycles. The molecule has 108 valence electrons. The molecule has 0 aromatic heterocycles. The van der Waals surface area contributed by atoms with Gasteiger partial charge in [0, 0.05) is 0 Å². The van der Waals surface area contributed by atoms with Gasteiger partial charge in [-0.05, 0) is 25.7 Å². The Morgan fingerprint density at radius 2 is 1.11 bits per heavy atom. The molecule has 0 unspecified atom stereocenters. The molecule has 0 aliphatic heterocycles. The normalized spacial score (nSPS) is 19.2. The highest BCUT2D eigenvalue weighted by Gasteiger charge is 2.02. The van der Waals surface area contributed by atoms with Crippen molar-refractivity contribution in [3.8, 4) is 0 Å². The third-order valence-corrected chi connectivity index (χ3v) is 3.07. The van der Waals surface area contributed by atoms with Crippen LogP contribution in [0.25, 0.3) is 0 Å². The maximum atomic E-state index is 9.09. The minimum atomic E-state index is -1.67. The average Bonchev–Trinajstić information content (AvgIpc) is 2.29. The van der Waals surface area contributed by atoms with Gasteiger partial charge in [-0.15, -0.1) is 0 Å². The van der Waals surface area contributed by atoms with E-state index in [9.17, 15) is 0 Å². The van der Waals surface area contributed by atoms with Crippen LogP contribution in [0.4, 0.5) is 0 Å². The van der Waals surface area contributed by atoms with Crippen LogP contribution >= 0.6 is 21.4 Å². The first-order chi connectivity index (χ1) is 8.66. The van der Waals surface area contributed by atoms with E-state index in [0.29, 0.717) is 0 Å². The Balaban J connectivity index is 0.000000631. The van der Waals surface area contributed by atoms with Gasteiger partial charge in [0.25, 0.3) is 0 Å². The Kier molecular flexibility index (Phi) is 14.1. The van der Waals surface area contributed by atoms with Crippen molar-refractivity contribution >= 4 is 36.7 Å². The average molecular weight is 316 g/mol. The molecule has 1 saturated carbocycles. The molecule has 0 bridgehead atoms. The van der Waals surface area contributed by atoms with Crippen LogP contribution in [0, 0.1) is 0 Å². The van der Waals surface area contributed by atoms with E-state index in [2.05, 4.69) is 26.5 Å². The Morgan fingerprint density at radius 3 is 1.39 bits per heavy atom. The highest BCUT2D eigenvalue weighted by Crippen LogP contribution is 2.15. The summed E-state index contributed by atoms with van der Waals surface area (Å²) in [5, 5.41) is 12.2. The van der Waals surface area contributed by atoms with Gasteiger partial charge in [0.15, 0.2) is 31.0 Å². The van der Waals surface area contributed by atoms with Crippen molar-refractivity contribution in [1.82, 2.24) is 0 Å². The smallest absolute Gasteiger partial charge is 0.198 e. The summed E-state index contributed by atoms with van der Waals surface area (Å²) in [4.78, 5) is 0. The summed E-state index contributed by atoms with van der Waals surface area (Å²) in [6, 6.07) is 0. The number of oxime groups is 1. The van der Waals surface area contributed by atoms with Crippen LogP contribution in [0.15, 0.2) is 5.16 Å². The first kappa shape index (κ1) is 18.4. The van der Waals surface area contributed by atoms with E-state index in [1.807, 2.05) is 0 Å². The summed E-state index contributed by atoms with van der Waals surface area (Å²) in [5.74, 6) is 0. The summed E-state index contributed by atoms with van der Waals surface area (Å²) in [6.45, 7) is 0. The largest absolute Gasteiger partial charge is 0.582 e. The van der Waals surface area contributed by atoms with Crippen LogP contribution < -0.4 is 0 Å². The zero-order valence-corrected chi connectivity index (χ0v) is 13.1. The van der Waals surface area contributed by atoms with Crippen LogP contribution in [0.1, 0.15) is 70.6 Å². The molecular weight excluding hydrogens is 293 g/mol. The number of hydrogen-bond acceptors (Lipinski definition) is 3. The summed E-state index contributed by atoms with van der Waals surface area (Å²) in [5.41, 5.74) is 1.02. The zero-order valence-electron chi connectivity index (χ0n) is 10.7. The van der Waals surface area contributed by atoms with E-state index >= 15 is 0 Å². The maximum Gasteiger partial charge on any atom is 0.198 e. The molecular formula is C12H23Cl2NO2S. The van der Waals surface area contributed by atoms with Crippen molar-refractivity contribution < 1.29 is 9.76 Å². The van der Waals surface area contributed by atoms with E-state index in [4.69, 9.17) is 9.76 Å². The fraction of sp³-hybridized carbons (Fsp3) is 0.917. The molecule has 1 aliphatic rings. The van der Waals surface area contributed by atoms with Crippen LogP contribution in [-0.4, -0.2) is 15.5 Å². The van der Waals surface area contributed by atoms with Gasteiger partial charge >= 0.3 is 0 Å². The predicted octanol–water partition coefficient (Wildman–Crippen LogP) is 5.16. The quantitative estimate of drug-likeness (QED) is 0.381. The molecule has 0 radical (unpaired) electrons. The minimum Gasteiger partial charge on any atom is -0.582 e. The first-order valence-corrected chi connectivity index (χ1v) is 9.41. The van der Waals surface area contributed by atoms with Gasteiger partial charge in [0.2, 0.25) is 0 Å². The number of rotatable bonds is 0. The van der Waals surface area contributed by atoms with Gasteiger partial charge < -0.3 is 9.76 Å². The monoisotopic (exact) mass is 315 g/mol. The van der Waals surface area contributed by atoms with Gasteiger partial charge in [-0.25, -0.2) is 0 Å². The fourth-order valence-corrected chi connectivity index (χ4v) is 2.12. The van der Waals surface area contributed by atoms with Gasteiger partial charge in [-0.2, -0.15) is 0 Å². The number of nitrogens with zero attached hydrogens (tertiary/aromatic N) is 1. The van der Waals surface area contributed by atoms with E-state index in [-0.39, 0.29) is 0 Å². The van der Waals surface area contributed by atoms with E-state index < -0.39 is 9.60 Å². The van der Waals surface area contributed by atoms with Crippen LogP contribution in [0.2, 0.25) is 0 Å². The Morgan fingerprint density at radius 1 is 0.833 bits per heavy atom. The van der Waals surface area contributed by atoms with E-state index in [1.54, 1.807) is 0 Å². The third-order valence-electron chi connectivity index (χ3n) is 3.07. The molecule has 1 rings (SSSR count). The van der Waals surface area contributed by atoms with Crippen LogP contribution in [-0.2, 0) is 9.60 Å². The van der Waals surface area contributed by atoms with Crippen molar-refractivity contribution in [2.75, 3.05) is 0 Å². The standard InChI is InChI=1S/C12H23NO.Cl2OS/c14-13-12-10-8-6-4-2-1-3-5-7-9-11-12;1-4(2)3/h14H,1-11H2;. The van der Waals surface area contributed by atoms with Crippen molar-refractivity contribution in [2.24, 2.45) is 5.16 Å². The first-order valence-electron chi connectivity index (χ1n) is 6.61. The Labute approximate surface area is 122 Å². The van der Waals surface area contributed by atoms with Crippen molar-refractivity contribution in [1.29, 1.82) is 0 Å². The van der Waals surface area contributed by atoms with E-state index in [1.165, 1.54) is 57.8 Å². The maximum absolute atomic E-state index is 9.09. The zero-order chi connectivity index (χ0) is 13.6. The molecule has 6 heteroatoms. The fourth-order valence-electron chi connectivity index (χ4n) is 2.12. The van der Waals surface area contributed by atoms with Gasteiger partial charge in [0.1, 0.15) is 0 Å². The topological polar surface area (TPSA) is 55.7 Å². The van der Waals surface area contributed by atoms with Crippen molar-refractivity contribution in [3.63, 3.8) is 0 Å². The summed E-state index contributed by atoms with van der Waals surface area (Å²) in [7, 11) is 7.36. The molecule has 0 saturated heterocycles. The molecule has 1 fully saturated rings. The Bertz CT molecular complexity index is 199. The third kappa shape index (κ3) is 14.4. The number of halogens is 2. The summed E-state index contributed by atoms with van der Waals surface area (Å²) >= 11 is 0. The molecule has 1 aliphatic carbocycles. The minimum absolute atomic E-state index is 1.01. The highest BCUT2D eigenvalue weighted by atomic mass is 36.0. The lowest BCUT2D eigenvalue weighted by atomic mass is 10.00. The van der Waals surface area contributed by atoms with Gasteiger partial charge in [-0.3, -0.25) is 0 Å². The molecule has 0 spiro atoms. The van der Waals surface area contributed by atoms with Crippen molar-refractivity contribution in [3.05, 3.63) is 0 Å². The molecule has 0 atom stereocenters. The summed E-state index contributed by atoms with van der Waals surface area (Å²) < 4.78 is 9.09. The highest BCUT2D eigenvalue weighted by molar-refractivity contribution is 8.31. The van der Waals surface area contributed by atoms with Crippen LogP contribution in [0.5, 0.6) is 0 Å². The molecule has 3 nitrogen and oxygen atoms in total. The predicted molar refractivity (Wildman–Crippen MR) is 79.9 cm³/mol. The Hall–Kier alpha value is 0.360. The van der Waals surface area contributed by atoms with Gasteiger partial charge in [0.05, 0.1) is 5.71 Å². The second-order valence-electron chi connectivity index (χ2n) is 4.53. The molecule has 18 heavy (non-hydrogen) atoms. The second kappa shape index (κ2) is 13.8. The molecule has 0 aromatic rings. The lowest BCUT2D eigenvalue weighted by Gasteiger charge is -2.07. The lowest BCUT2D eigenvalue weighted by Crippen LogP contribution is -1.99. The number of hydrogen-bond donors (Lipinski definition) is 1. The van der Waals surface area contributed by atoms with E-state index in [0.717, 1.165) is 18.6 Å². The second-order valence-corrected chi connectivity index (χ2v) is 7.06. The van der Waals surface area contributed by atoms with Crippen molar-refractivity contribution in [2.45, 2.75) is 70.6 Å². The SMILES string of the molecule is ON=C1CCCCCCCCCCC1.[O-][S+](Cl)Cl. The van der Waals surface area contributed by atoms with Crippen LogP contribution in [0.3, 0.4) is 0 Å². The molecule has 0 aromatic carbocycles. The lowest BCUT2D eigenvalue weighted by molar-refractivity contribution is 0.315.